The molecule has 0 radical (unpaired) electrons. The normalized spacial score (nSPS) is 9.12. The van der Waals surface area contributed by atoms with Gasteiger partial charge in [-0.05, 0) is 33.8 Å². The molecule has 0 saturated carbocycles. The van der Waals surface area contributed by atoms with E-state index in [1.807, 2.05) is 0 Å². The molecule has 2 rings (SSSR count). The molecular formula is C21H24O4. The Balaban J connectivity index is 0.000000443. The molecule has 2 aromatic carbocycles. The molecule has 0 bridgehead atoms. The van der Waals surface area contributed by atoms with Gasteiger partial charge in [0.05, 0.1) is 0 Å². The predicted octanol–water partition coefficient (Wildman–Crippen LogP) is 4.82. The molecule has 4 nitrogen and oxygen atoms in total. The number of rotatable bonds is 4. The third-order valence-corrected chi connectivity index (χ3v) is 3.37. The number of Topliss-reactive ketones (excluding diaryl/α,β-unsaturated/α-hetero) is 4. The van der Waals surface area contributed by atoms with Gasteiger partial charge < -0.3 is 0 Å². The van der Waals surface area contributed by atoms with E-state index in [4.69, 9.17) is 0 Å². The number of hydrogen-bond donors (Lipinski definition) is 0. The minimum atomic E-state index is -0.0156. The molecule has 0 atom stereocenters. The van der Waals surface area contributed by atoms with E-state index in [0.29, 0.717) is 22.3 Å². The lowest BCUT2D eigenvalue weighted by atomic mass is 10.1. The van der Waals surface area contributed by atoms with Crippen molar-refractivity contribution in [3.63, 3.8) is 0 Å². The summed E-state index contributed by atoms with van der Waals surface area (Å²) < 4.78 is 0. The Hall–Kier alpha value is -2.88. The van der Waals surface area contributed by atoms with E-state index in [-0.39, 0.29) is 30.6 Å². The van der Waals surface area contributed by atoms with Crippen molar-refractivity contribution < 1.29 is 19.2 Å². The summed E-state index contributed by atoms with van der Waals surface area (Å²) in [5.74, 6) is 0.00593. The first-order chi connectivity index (χ1) is 11.2. The van der Waals surface area contributed by atoms with E-state index in [2.05, 4.69) is 0 Å². The van der Waals surface area contributed by atoms with Crippen LogP contribution in [-0.4, -0.2) is 23.1 Å². The average Bonchev–Trinajstić information content (AvgIpc) is 2.55. The van der Waals surface area contributed by atoms with Gasteiger partial charge in [0.15, 0.2) is 23.1 Å². The molecule has 0 saturated heterocycles. The van der Waals surface area contributed by atoms with Crippen LogP contribution in [0.5, 0.6) is 0 Å². The molecule has 25 heavy (non-hydrogen) atoms. The van der Waals surface area contributed by atoms with E-state index in [1.165, 1.54) is 27.7 Å². The monoisotopic (exact) mass is 340 g/mol. The van der Waals surface area contributed by atoms with Gasteiger partial charge in [0, 0.05) is 22.3 Å². The lowest BCUT2D eigenvalue weighted by Gasteiger charge is -1.97. The second-order valence-corrected chi connectivity index (χ2v) is 5.38. The van der Waals surface area contributed by atoms with Crippen molar-refractivity contribution in [1.82, 2.24) is 0 Å². The zero-order valence-corrected chi connectivity index (χ0v) is 14.3. The first kappa shape index (κ1) is 22.1. The Morgan fingerprint density at radius 2 is 0.800 bits per heavy atom. The van der Waals surface area contributed by atoms with Crippen molar-refractivity contribution in [2.45, 2.75) is 35.1 Å². The van der Waals surface area contributed by atoms with Gasteiger partial charge in [-0.15, -0.1) is 0 Å². The van der Waals surface area contributed by atoms with E-state index < -0.39 is 0 Å². The van der Waals surface area contributed by atoms with E-state index in [0.717, 1.165) is 0 Å². The lowest BCUT2D eigenvalue weighted by Crippen LogP contribution is -1.96. The molecule has 0 aliphatic rings. The lowest BCUT2D eigenvalue weighted by molar-refractivity contribution is 0.100. The van der Waals surface area contributed by atoms with Gasteiger partial charge in [-0.25, -0.2) is 0 Å². The summed E-state index contributed by atoms with van der Waals surface area (Å²) in [6, 6.07) is 13.4. The maximum absolute atomic E-state index is 10.9. The Morgan fingerprint density at radius 3 is 1.04 bits per heavy atom. The second kappa shape index (κ2) is 10.1. The van der Waals surface area contributed by atoms with Crippen LogP contribution in [0.15, 0.2) is 48.5 Å². The molecule has 0 aliphatic carbocycles. The molecule has 132 valence electrons. The fourth-order valence-corrected chi connectivity index (χ4v) is 1.90. The minimum absolute atomic E-state index is 0. The number of carbonyl (C=O) groups is 4. The number of ketones is 4. The molecule has 0 unspecified atom stereocenters. The van der Waals surface area contributed by atoms with Crippen LogP contribution in [0.2, 0.25) is 0 Å². The van der Waals surface area contributed by atoms with Gasteiger partial charge in [0.1, 0.15) is 0 Å². The highest BCUT2D eigenvalue weighted by Gasteiger charge is 2.03. The number of hydrogen-bond acceptors (Lipinski definition) is 4. The third kappa shape index (κ3) is 7.04. The predicted molar refractivity (Wildman–Crippen MR) is 99.6 cm³/mol. The standard InChI is InChI=1S/2C10H10O2.CH4/c1-7(11)9-3-5-10(6-4-9)8(2)12;1-7(11)9-4-3-5-10(6-9)8(2)12;/h2*3-6H,1-2H3;1H4. The fourth-order valence-electron chi connectivity index (χ4n) is 1.90. The molecule has 4 heteroatoms. The van der Waals surface area contributed by atoms with Gasteiger partial charge >= 0.3 is 0 Å². The molecule has 0 amide bonds. The summed E-state index contributed by atoms with van der Waals surface area (Å²) in [6.45, 7) is 5.98. The summed E-state index contributed by atoms with van der Waals surface area (Å²) in [4.78, 5) is 43.5. The van der Waals surface area contributed by atoms with Crippen LogP contribution in [0, 0.1) is 0 Å². The van der Waals surface area contributed by atoms with Crippen molar-refractivity contribution in [1.29, 1.82) is 0 Å². The largest absolute Gasteiger partial charge is 0.295 e. The highest BCUT2D eigenvalue weighted by molar-refractivity contribution is 5.99. The SMILES string of the molecule is C.CC(=O)c1ccc(C(C)=O)cc1.CC(=O)c1cccc(C(C)=O)c1. The van der Waals surface area contributed by atoms with Gasteiger partial charge in [-0.2, -0.15) is 0 Å². The Kier molecular flexibility index (Phi) is 8.92. The molecular weight excluding hydrogens is 316 g/mol. The first-order valence-corrected chi connectivity index (χ1v) is 7.46. The first-order valence-electron chi connectivity index (χ1n) is 7.46. The highest BCUT2D eigenvalue weighted by Crippen LogP contribution is 2.06. The van der Waals surface area contributed by atoms with Crippen LogP contribution in [0.3, 0.4) is 0 Å². The summed E-state index contributed by atoms with van der Waals surface area (Å²) >= 11 is 0. The van der Waals surface area contributed by atoms with Crippen molar-refractivity contribution in [3.05, 3.63) is 70.8 Å². The zero-order chi connectivity index (χ0) is 18.3. The van der Waals surface area contributed by atoms with E-state index in [9.17, 15) is 19.2 Å². The topological polar surface area (TPSA) is 68.3 Å². The van der Waals surface area contributed by atoms with E-state index >= 15 is 0 Å². The second-order valence-electron chi connectivity index (χ2n) is 5.38. The molecule has 0 aliphatic heterocycles. The zero-order valence-electron chi connectivity index (χ0n) is 14.3. The van der Waals surface area contributed by atoms with Crippen molar-refractivity contribution in [2.75, 3.05) is 0 Å². The fraction of sp³-hybridized carbons (Fsp3) is 0.238. The Morgan fingerprint density at radius 1 is 0.520 bits per heavy atom. The molecule has 2 aromatic rings. The van der Waals surface area contributed by atoms with Crippen molar-refractivity contribution in [3.8, 4) is 0 Å². The third-order valence-electron chi connectivity index (χ3n) is 3.37. The molecule has 0 fully saturated rings. The van der Waals surface area contributed by atoms with Crippen LogP contribution < -0.4 is 0 Å². The average molecular weight is 340 g/mol. The molecule has 0 spiro atoms. The summed E-state index contributed by atoms with van der Waals surface area (Å²) in [7, 11) is 0. The summed E-state index contributed by atoms with van der Waals surface area (Å²) in [5.41, 5.74) is 2.45. The summed E-state index contributed by atoms with van der Waals surface area (Å²) in [5, 5.41) is 0. The molecule has 0 N–H and O–H groups in total. The van der Waals surface area contributed by atoms with E-state index in [1.54, 1.807) is 48.5 Å². The van der Waals surface area contributed by atoms with Crippen molar-refractivity contribution >= 4 is 23.1 Å². The van der Waals surface area contributed by atoms with Crippen molar-refractivity contribution in [2.24, 2.45) is 0 Å². The van der Waals surface area contributed by atoms with Gasteiger partial charge in [0.2, 0.25) is 0 Å². The van der Waals surface area contributed by atoms with Gasteiger partial charge in [-0.3, -0.25) is 19.2 Å². The maximum Gasteiger partial charge on any atom is 0.159 e. The number of carbonyl (C=O) groups excluding carboxylic acids is 4. The van der Waals surface area contributed by atoms with Gasteiger partial charge in [-0.1, -0.05) is 49.9 Å². The Labute approximate surface area is 148 Å². The van der Waals surface area contributed by atoms with Crippen LogP contribution >= 0.6 is 0 Å². The summed E-state index contributed by atoms with van der Waals surface area (Å²) in [6.07, 6.45) is 0. The highest BCUT2D eigenvalue weighted by atomic mass is 16.1. The smallest absolute Gasteiger partial charge is 0.159 e. The van der Waals surface area contributed by atoms with Gasteiger partial charge in [0.25, 0.3) is 0 Å². The Bertz CT molecular complexity index is 708. The maximum atomic E-state index is 10.9. The molecule has 0 heterocycles. The van der Waals surface area contributed by atoms with Crippen LogP contribution in [0.25, 0.3) is 0 Å². The van der Waals surface area contributed by atoms with Crippen LogP contribution in [-0.2, 0) is 0 Å². The van der Waals surface area contributed by atoms with Crippen LogP contribution in [0.1, 0.15) is 76.6 Å². The van der Waals surface area contributed by atoms with Crippen LogP contribution in [0.4, 0.5) is 0 Å². The molecule has 0 aromatic heterocycles. The minimum Gasteiger partial charge on any atom is -0.295 e. The quantitative estimate of drug-likeness (QED) is 0.748. The number of benzene rings is 2.